The van der Waals surface area contributed by atoms with E-state index in [1.807, 2.05) is 5.38 Å². The Kier molecular flexibility index (Phi) is 4.01. The van der Waals surface area contributed by atoms with E-state index < -0.39 is 0 Å². The van der Waals surface area contributed by atoms with Gasteiger partial charge in [-0.25, -0.2) is 0 Å². The lowest BCUT2D eigenvalue weighted by atomic mass is 9.88. The number of hydrogen-bond donors (Lipinski definition) is 2. The summed E-state index contributed by atoms with van der Waals surface area (Å²) in [7, 11) is 1.56. The number of carbonyl (C=O) groups excluding carboxylic acids is 2. The van der Waals surface area contributed by atoms with Crippen LogP contribution in [0.2, 0.25) is 0 Å². The minimum absolute atomic E-state index is 0.0381. The lowest BCUT2D eigenvalue weighted by Crippen LogP contribution is -2.35. The molecule has 0 spiro atoms. The highest BCUT2D eigenvalue weighted by Gasteiger charge is 2.23. The summed E-state index contributed by atoms with van der Waals surface area (Å²) in [6, 6.07) is 0. The van der Waals surface area contributed by atoms with Crippen molar-refractivity contribution in [2.45, 2.75) is 26.2 Å². The fourth-order valence-electron chi connectivity index (χ4n) is 2.21. The van der Waals surface area contributed by atoms with E-state index in [4.69, 9.17) is 0 Å². The van der Waals surface area contributed by atoms with Gasteiger partial charge in [0.1, 0.15) is 0 Å². The van der Waals surface area contributed by atoms with Crippen LogP contribution < -0.4 is 10.6 Å². The smallest absolute Gasteiger partial charge is 0.252 e. The molecule has 0 bridgehead atoms. The van der Waals surface area contributed by atoms with Gasteiger partial charge in [0.05, 0.1) is 12.1 Å². The fraction of sp³-hybridized carbons (Fsp3) is 0.538. The molecule has 0 saturated carbocycles. The molecule has 1 aromatic rings. The first-order chi connectivity index (χ1) is 8.61. The Morgan fingerprint density at radius 2 is 2.28 bits per heavy atom. The molecule has 18 heavy (non-hydrogen) atoms. The molecule has 0 saturated heterocycles. The van der Waals surface area contributed by atoms with Crippen LogP contribution in [0.1, 0.15) is 34.1 Å². The Bertz CT molecular complexity index is 468. The van der Waals surface area contributed by atoms with E-state index in [1.165, 1.54) is 10.4 Å². The van der Waals surface area contributed by atoms with Crippen LogP contribution in [0.5, 0.6) is 0 Å². The fourth-order valence-corrected chi connectivity index (χ4v) is 3.46. The first kappa shape index (κ1) is 13.1. The maximum Gasteiger partial charge on any atom is 0.252 e. The van der Waals surface area contributed by atoms with E-state index in [0.29, 0.717) is 5.92 Å². The summed E-state index contributed by atoms with van der Waals surface area (Å²) < 4.78 is 0. The Morgan fingerprint density at radius 1 is 1.50 bits per heavy atom. The van der Waals surface area contributed by atoms with Crippen molar-refractivity contribution in [3.63, 3.8) is 0 Å². The second-order valence-electron chi connectivity index (χ2n) is 4.75. The van der Waals surface area contributed by atoms with Gasteiger partial charge in [-0.3, -0.25) is 9.59 Å². The van der Waals surface area contributed by atoms with Crippen molar-refractivity contribution in [2.75, 3.05) is 13.6 Å². The van der Waals surface area contributed by atoms with Crippen LogP contribution in [0.15, 0.2) is 5.38 Å². The molecule has 1 aromatic heterocycles. The van der Waals surface area contributed by atoms with Crippen molar-refractivity contribution < 1.29 is 9.59 Å². The van der Waals surface area contributed by atoms with E-state index in [2.05, 4.69) is 17.6 Å². The largest absolute Gasteiger partial charge is 0.358 e. The molecular weight excluding hydrogens is 248 g/mol. The Hall–Kier alpha value is -1.36. The molecule has 0 fully saturated rings. The van der Waals surface area contributed by atoms with E-state index in [-0.39, 0.29) is 18.4 Å². The summed E-state index contributed by atoms with van der Waals surface area (Å²) in [4.78, 5) is 24.4. The van der Waals surface area contributed by atoms with Crippen LogP contribution in [0.4, 0.5) is 0 Å². The zero-order chi connectivity index (χ0) is 13.1. The van der Waals surface area contributed by atoms with Gasteiger partial charge in [0.2, 0.25) is 5.91 Å². The number of nitrogens with one attached hydrogen (secondary N) is 2. The zero-order valence-corrected chi connectivity index (χ0v) is 11.5. The van der Waals surface area contributed by atoms with Crippen LogP contribution in [-0.2, 0) is 17.6 Å². The van der Waals surface area contributed by atoms with Crippen LogP contribution >= 0.6 is 11.3 Å². The highest BCUT2D eigenvalue weighted by molar-refractivity contribution is 7.10. The lowest BCUT2D eigenvalue weighted by Gasteiger charge is -2.18. The molecule has 1 atom stereocenters. The molecule has 0 aliphatic heterocycles. The number of amides is 2. The molecule has 1 heterocycles. The van der Waals surface area contributed by atoms with Gasteiger partial charge in [0, 0.05) is 17.3 Å². The molecule has 5 heteroatoms. The topological polar surface area (TPSA) is 58.2 Å². The van der Waals surface area contributed by atoms with E-state index in [9.17, 15) is 9.59 Å². The molecule has 1 aliphatic carbocycles. The van der Waals surface area contributed by atoms with Crippen molar-refractivity contribution in [3.8, 4) is 0 Å². The van der Waals surface area contributed by atoms with Crippen LogP contribution in [-0.4, -0.2) is 25.4 Å². The molecule has 4 nitrogen and oxygen atoms in total. The first-order valence-electron chi connectivity index (χ1n) is 6.19. The number of hydrogen-bond acceptors (Lipinski definition) is 3. The molecule has 2 N–H and O–H groups in total. The number of fused-ring (bicyclic) bond motifs is 1. The maximum absolute atomic E-state index is 12.0. The van der Waals surface area contributed by atoms with Gasteiger partial charge in [-0.1, -0.05) is 6.92 Å². The Labute approximate surface area is 111 Å². The molecule has 2 amide bonds. The number of likely N-dealkylation sites (N-methyl/N-ethyl adjacent to an activating group) is 1. The minimum Gasteiger partial charge on any atom is -0.358 e. The number of rotatable bonds is 3. The monoisotopic (exact) mass is 266 g/mol. The predicted molar refractivity (Wildman–Crippen MR) is 71.9 cm³/mol. The summed E-state index contributed by atoms with van der Waals surface area (Å²) in [6.07, 6.45) is 3.19. The molecule has 1 aliphatic rings. The average molecular weight is 266 g/mol. The van der Waals surface area contributed by atoms with Crippen molar-refractivity contribution in [1.29, 1.82) is 0 Å². The van der Waals surface area contributed by atoms with Crippen molar-refractivity contribution in [2.24, 2.45) is 5.92 Å². The Balaban J connectivity index is 2.05. The quantitative estimate of drug-likeness (QED) is 0.867. The summed E-state index contributed by atoms with van der Waals surface area (Å²) in [5.74, 6) is 0.393. The summed E-state index contributed by atoms with van der Waals surface area (Å²) in [5, 5.41) is 7.05. The third-order valence-electron chi connectivity index (χ3n) is 3.33. The van der Waals surface area contributed by atoms with Crippen molar-refractivity contribution in [1.82, 2.24) is 10.6 Å². The molecule has 0 aromatic carbocycles. The SMILES string of the molecule is CNC(=O)CNC(=O)c1csc2c1CC[C@@H](C)C2. The normalized spacial score (nSPS) is 18.0. The van der Waals surface area contributed by atoms with Gasteiger partial charge >= 0.3 is 0 Å². The van der Waals surface area contributed by atoms with Crippen LogP contribution in [0.25, 0.3) is 0 Å². The van der Waals surface area contributed by atoms with Gasteiger partial charge in [-0.05, 0) is 30.7 Å². The summed E-state index contributed by atoms with van der Waals surface area (Å²) in [6.45, 7) is 2.28. The standard InChI is InChI=1S/C13H18N2O2S/c1-8-3-4-9-10(7-18-11(9)5-8)13(17)15-6-12(16)14-2/h7-8H,3-6H2,1-2H3,(H,14,16)(H,15,17)/t8-/m1/s1. The maximum atomic E-state index is 12.0. The highest BCUT2D eigenvalue weighted by atomic mass is 32.1. The lowest BCUT2D eigenvalue weighted by molar-refractivity contribution is -0.119. The number of carbonyl (C=O) groups is 2. The van der Waals surface area contributed by atoms with Gasteiger partial charge < -0.3 is 10.6 Å². The van der Waals surface area contributed by atoms with Crippen LogP contribution in [0, 0.1) is 5.92 Å². The second kappa shape index (κ2) is 5.52. The molecule has 2 rings (SSSR count). The van der Waals surface area contributed by atoms with E-state index in [0.717, 1.165) is 24.8 Å². The van der Waals surface area contributed by atoms with Gasteiger partial charge in [-0.15, -0.1) is 11.3 Å². The van der Waals surface area contributed by atoms with E-state index in [1.54, 1.807) is 18.4 Å². The minimum atomic E-state index is -0.180. The van der Waals surface area contributed by atoms with Gasteiger partial charge in [0.25, 0.3) is 5.91 Å². The first-order valence-corrected chi connectivity index (χ1v) is 7.07. The molecular formula is C13H18N2O2S. The molecule has 98 valence electrons. The summed E-state index contributed by atoms with van der Waals surface area (Å²) in [5.41, 5.74) is 1.94. The van der Waals surface area contributed by atoms with Crippen LogP contribution in [0.3, 0.4) is 0 Å². The van der Waals surface area contributed by atoms with Crippen molar-refractivity contribution in [3.05, 3.63) is 21.4 Å². The third kappa shape index (κ3) is 2.72. The summed E-state index contributed by atoms with van der Waals surface area (Å²) >= 11 is 1.66. The van der Waals surface area contributed by atoms with Crippen molar-refractivity contribution >= 4 is 23.2 Å². The van der Waals surface area contributed by atoms with Gasteiger partial charge in [-0.2, -0.15) is 0 Å². The predicted octanol–water partition coefficient (Wildman–Crippen LogP) is 1.35. The van der Waals surface area contributed by atoms with Gasteiger partial charge in [0.15, 0.2) is 0 Å². The molecule has 0 unspecified atom stereocenters. The molecule has 0 radical (unpaired) electrons. The Morgan fingerprint density at radius 3 is 3.00 bits per heavy atom. The average Bonchev–Trinajstić information content (AvgIpc) is 2.78. The third-order valence-corrected chi connectivity index (χ3v) is 4.39. The van der Waals surface area contributed by atoms with E-state index >= 15 is 0 Å². The zero-order valence-electron chi connectivity index (χ0n) is 10.7. The second-order valence-corrected chi connectivity index (χ2v) is 5.72. The highest BCUT2D eigenvalue weighted by Crippen LogP contribution is 2.32. The number of thiophene rings is 1.